The van der Waals surface area contributed by atoms with Crippen LogP contribution in [0.3, 0.4) is 0 Å². The molecule has 0 saturated carbocycles. The second-order valence-corrected chi connectivity index (χ2v) is 40.5. The molecule has 0 radical (unpaired) electrons. The Morgan fingerprint density at radius 1 is 0.194 bits per heavy atom. The number of nitrogens with zero attached hydrogens (tertiary/aromatic N) is 6. The van der Waals surface area contributed by atoms with E-state index in [4.69, 9.17) is 0 Å². The molecule has 48 nitrogen and oxygen atoms in total. The van der Waals surface area contributed by atoms with E-state index in [1.807, 2.05) is 15.0 Å². The van der Waals surface area contributed by atoms with Crippen LogP contribution in [0.1, 0.15) is 68.3 Å². The molecule has 124 heavy (non-hydrogen) atoms. The first-order valence-corrected chi connectivity index (χ1v) is 47.9. The minimum Gasteiger partial charge on any atom is -0.744 e. The predicted octanol–water partition coefficient (Wildman–Crippen LogP) is 0.712. The molecule has 64 heteroatoms. The van der Waals surface area contributed by atoms with Crippen LogP contribution in [0.2, 0.25) is 0 Å². The van der Waals surface area contributed by atoms with Crippen molar-refractivity contribution in [2.75, 3.05) is 0 Å². The van der Waals surface area contributed by atoms with E-state index in [0.29, 0.717) is 34.8 Å². The Morgan fingerprint density at radius 3 is 0.532 bits per heavy atom. The van der Waals surface area contributed by atoms with Crippen LogP contribution in [-0.2, 0) is 196 Å². The molecule has 0 aliphatic carbocycles. The largest absolute Gasteiger partial charge is 3.00 e. The molecule has 0 fully saturated rings. The summed E-state index contributed by atoms with van der Waals surface area (Å²) in [5.74, 6) is 0. The molecule has 0 spiro atoms. The molecule has 15 rings (SSSR count). The fraction of sp³-hybridized carbons (Fsp3) is 0. The van der Waals surface area contributed by atoms with Gasteiger partial charge in [-0.3, -0.25) is 0 Å². The minimum absolute atomic E-state index is 0. The third-order valence-corrected chi connectivity index (χ3v) is 27.5. The zero-order chi connectivity index (χ0) is 88.2. The van der Waals surface area contributed by atoms with Crippen LogP contribution >= 0.6 is 0 Å². The summed E-state index contributed by atoms with van der Waals surface area (Å²) in [6, 6.07) is 19.3. The molecule has 9 aromatic heterocycles. The van der Waals surface area contributed by atoms with Crippen LogP contribution in [0.5, 0.6) is 0 Å². The molecule has 9 aromatic rings. The Kier molecular flexibility index (Phi) is 27.1. The van der Waals surface area contributed by atoms with Gasteiger partial charge in [0.05, 0.1) is 128 Å². The monoisotopic (exact) mass is 2080 g/mol. The molecular formula is C60H30N12O36S12V4. The zero-order valence-electron chi connectivity index (χ0n) is 58.9. The van der Waals surface area contributed by atoms with Gasteiger partial charge in [-0.2, -0.15) is 0 Å². The molecule has 0 aromatic carbocycles. The van der Waals surface area contributed by atoms with E-state index in [-0.39, 0.29) is 125 Å². The summed E-state index contributed by atoms with van der Waals surface area (Å²) in [5, 5.41) is 0. The fourth-order valence-electron chi connectivity index (χ4n) is 12.2. The second-order valence-electron chi connectivity index (χ2n) is 24.6. The van der Waals surface area contributed by atoms with Gasteiger partial charge in [0.25, 0.3) is 0 Å². The van der Waals surface area contributed by atoms with E-state index >= 15 is 0 Å². The maximum absolute atomic E-state index is 12.4. The van der Waals surface area contributed by atoms with Crippen molar-refractivity contribution in [1.29, 1.82) is 0 Å². The standard InChI is InChI=1S/3C20H14N4O12S4.4V/c3*25-37(26,27)15-8-13-6-11-2-1-9(21-11)5-10-3-4-12(22-10)7-14-18(38(28,29)30)20(40(34,35)36)17(24-14)19(16(15)23-13)39(31,32)33;;;;/h3*1-8,21,24H,(H,25,26,27)(H,28,29,30)(H,31,32,33)(H,34,35,36);;;;/q;;;4*+3/p-12. The van der Waals surface area contributed by atoms with Crippen molar-refractivity contribution in [3.05, 3.63) is 159 Å². The number of hydrogen-bond donors (Lipinski definition) is 6. The van der Waals surface area contributed by atoms with Gasteiger partial charge in [0.2, 0.25) is 0 Å². The van der Waals surface area contributed by atoms with E-state index < -0.39 is 247 Å². The Morgan fingerprint density at radius 2 is 0.363 bits per heavy atom. The van der Waals surface area contributed by atoms with Crippen LogP contribution < -0.4 is 0 Å². The van der Waals surface area contributed by atoms with Crippen molar-refractivity contribution in [2.45, 2.75) is 44.1 Å². The second kappa shape index (κ2) is 34.0. The number of aromatic nitrogens is 12. The molecule has 0 saturated heterocycles. The van der Waals surface area contributed by atoms with Crippen LogP contribution in [-0.4, -0.2) is 215 Å². The summed E-state index contributed by atoms with van der Waals surface area (Å²) in [6.45, 7) is 0. The SMILES string of the molecule is O=S(=O)([O-])C1=Cc2cc3ccc(cc4nc(cc5[nH]c(c(S(=O)(=O)[O-])c1n2)c(S(=O)(=O)[O-])c5S(=O)(=O)[O-])C=C4)[nH]3.O=S(=O)([O-])C1=Cc2cc3ccc(cc4nc(cc5[nH]c(c(S(=O)(=O)[O-])c1n2)c(S(=O)(=O)[O-])c5S(=O)(=O)[O-])C=C4)[nH]3.O=S(=O)([O-])C1=Cc2cc3ccc(cc4nc(cc5[nH]c(c(S(=O)(=O)[O-])c1n2)c(S(=O)(=O)[O-])c5S(=O)(=O)[O-])C=C4)[nH]3.[V+3].[V+3].[V+3].[V+3]. The Hall–Kier alpha value is -8.94. The molecule has 638 valence electrons. The average molecular weight is 2080 g/mol. The van der Waals surface area contributed by atoms with Gasteiger partial charge >= 0.3 is 74.2 Å². The van der Waals surface area contributed by atoms with Gasteiger partial charge in [0.1, 0.15) is 153 Å². The summed E-state index contributed by atoms with van der Waals surface area (Å²) < 4.78 is 440. The molecule has 15 heterocycles. The predicted molar refractivity (Wildman–Crippen MR) is 394 cm³/mol. The smallest absolute Gasteiger partial charge is 0.744 e. The zero-order valence-corrected chi connectivity index (χ0v) is 74.3. The Bertz CT molecular complexity index is 7750. The molecule has 0 atom stereocenters. The van der Waals surface area contributed by atoms with Crippen molar-refractivity contribution >= 4 is 257 Å². The number of aromatic amines is 6. The van der Waals surface area contributed by atoms with E-state index in [1.54, 1.807) is 18.2 Å². The molecule has 6 aliphatic rings. The van der Waals surface area contributed by atoms with E-state index in [0.717, 1.165) is 36.4 Å². The van der Waals surface area contributed by atoms with Crippen LogP contribution in [0.15, 0.2) is 135 Å². The van der Waals surface area contributed by atoms with Gasteiger partial charge in [-0.05, 0) is 146 Å². The summed E-state index contributed by atoms with van der Waals surface area (Å²) in [6.07, 6.45) is 9.88. The minimum atomic E-state index is -6.10. The van der Waals surface area contributed by atoms with Gasteiger partial charge in [-0.25, -0.2) is 131 Å². The quantitative estimate of drug-likeness (QED) is 0.0917. The normalized spacial score (nSPS) is 13.9. The summed E-state index contributed by atoms with van der Waals surface area (Å²) >= 11 is 0. The third kappa shape index (κ3) is 20.8. The van der Waals surface area contributed by atoms with E-state index in [9.17, 15) is 156 Å². The van der Waals surface area contributed by atoms with Crippen molar-refractivity contribution in [2.24, 2.45) is 0 Å². The van der Waals surface area contributed by atoms with Gasteiger partial charge in [-0.1, -0.05) is 0 Å². The van der Waals surface area contributed by atoms with Gasteiger partial charge in [0, 0.05) is 33.1 Å². The first-order chi connectivity index (χ1) is 55.0. The van der Waals surface area contributed by atoms with Crippen LogP contribution in [0, 0.1) is 0 Å². The molecule has 0 amide bonds. The summed E-state index contributed by atoms with van der Waals surface area (Å²) in [5.41, 5.74) is -10.7. The van der Waals surface area contributed by atoms with E-state index in [2.05, 4.69) is 44.9 Å². The van der Waals surface area contributed by atoms with Crippen molar-refractivity contribution in [1.82, 2.24) is 59.8 Å². The summed E-state index contributed by atoms with van der Waals surface area (Å²) in [4.78, 5) is 16.8. The number of hydrogen-bond acceptors (Lipinski definition) is 42. The van der Waals surface area contributed by atoms with Crippen LogP contribution in [0.4, 0.5) is 0 Å². The first-order valence-electron chi connectivity index (χ1n) is 31.0. The van der Waals surface area contributed by atoms with Crippen molar-refractivity contribution < 1.29 is 230 Å². The van der Waals surface area contributed by atoms with Crippen molar-refractivity contribution in [3.63, 3.8) is 0 Å². The van der Waals surface area contributed by atoms with Gasteiger partial charge in [-0.15, -0.1) is 0 Å². The number of nitrogens with one attached hydrogen (secondary N) is 6. The topological polar surface area (TPSA) is 858 Å². The maximum atomic E-state index is 12.4. The summed E-state index contributed by atoms with van der Waals surface area (Å²) in [7, 11) is -71.2. The van der Waals surface area contributed by atoms with E-state index in [1.165, 1.54) is 72.9 Å². The Labute approximate surface area is 742 Å². The number of rotatable bonds is 12. The molecule has 0 unspecified atom stereocenters. The number of fused-ring (bicyclic) bond motifs is 24. The number of H-pyrrole nitrogens is 6. The maximum Gasteiger partial charge on any atom is 3.00 e. The molecule has 6 N–H and O–H groups in total. The Balaban J connectivity index is 0.000000207. The van der Waals surface area contributed by atoms with Gasteiger partial charge < -0.3 is 84.5 Å². The third-order valence-electron chi connectivity index (χ3n) is 16.4. The average Bonchev–Trinajstić information content (AvgIpc) is 1.55. The van der Waals surface area contributed by atoms with Crippen molar-refractivity contribution in [3.8, 4) is 0 Å². The fourth-order valence-corrected chi connectivity index (χ4v) is 23.1. The molecular weight excluding hydrogens is 2050 g/mol. The van der Waals surface area contributed by atoms with Gasteiger partial charge in [0.15, 0.2) is 0 Å². The molecule has 24 bridgehead atoms. The van der Waals surface area contributed by atoms with Crippen LogP contribution in [0.25, 0.3) is 136 Å². The molecule has 6 aliphatic heterocycles. The first kappa shape index (κ1) is 98.8.